The van der Waals surface area contributed by atoms with Crippen LogP contribution in [-0.4, -0.2) is 25.5 Å². The highest BCUT2D eigenvalue weighted by Crippen LogP contribution is 2.29. The van der Waals surface area contributed by atoms with Crippen molar-refractivity contribution in [3.63, 3.8) is 0 Å². The zero-order valence-corrected chi connectivity index (χ0v) is 11.7. The normalized spacial score (nSPS) is 13.7. The highest BCUT2D eigenvalue weighted by atomic mass is 79.9. The van der Waals surface area contributed by atoms with E-state index in [4.69, 9.17) is 5.11 Å². The molecule has 0 aliphatic rings. The number of carboxylic acids is 1. The molecule has 0 saturated carbocycles. The highest BCUT2D eigenvalue weighted by Gasteiger charge is 2.24. The number of thiophene rings is 1. The van der Waals surface area contributed by atoms with Crippen LogP contribution in [0.1, 0.15) is 11.8 Å². The van der Waals surface area contributed by atoms with E-state index in [1.165, 1.54) is 24.3 Å². The Morgan fingerprint density at radius 3 is 2.56 bits per heavy atom. The first kappa shape index (κ1) is 13.6. The summed E-state index contributed by atoms with van der Waals surface area (Å²) in [4.78, 5) is 11.3. The van der Waals surface area contributed by atoms with E-state index in [2.05, 4.69) is 20.7 Å². The summed E-state index contributed by atoms with van der Waals surface area (Å²) in [7, 11) is -3.76. The Morgan fingerprint density at radius 2 is 2.19 bits per heavy atom. The van der Waals surface area contributed by atoms with Crippen LogP contribution in [0.3, 0.4) is 0 Å². The summed E-state index contributed by atoms with van der Waals surface area (Å²) in [6.07, 6.45) is 0. The Kier molecular flexibility index (Phi) is 4.11. The van der Waals surface area contributed by atoms with Crippen LogP contribution in [0.2, 0.25) is 0 Å². The molecule has 1 heterocycles. The van der Waals surface area contributed by atoms with Gasteiger partial charge in [0.15, 0.2) is 0 Å². The Labute approximate surface area is 106 Å². The minimum atomic E-state index is -3.76. The van der Waals surface area contributed by atoms with Crippen LogP contribution in [0, 0.1) is 6.92 Å². The topological polar surface area (TPSA) is 83.5 Å². The van der Waals surface area contributed by atoms with Gasteiger partial charge in [0.1, 0.15) is 6.04 Å². The number of sulfonamides is 1. The molecule has 2 N–H and O–H groups in total. The van der Waals surface area contributed by atoms with Crippen molar-refractivity contribution in [2.24, 2.45) is 0 Å². The Balaban J connectivity index is 3.03. The number of carboxylic acid groups (broad SMARTS) is 1. The predicted molar refractivity (Wildman–Crippen MR) is 64.2 cm³/mol. The first-order valence-electron chi connectivity index (χ1n) is 4.25. The maximum absolute atomic E-state index is 11.8. The molecular formula is C8H10BrNO4S2. The summed E-state index contributed by atoms with van der Waals surface area (Å²) in [5.74, 6) is -1.21. The fourth-order valence-electron chi connectivity index (χ4n) is 1.04. The predicted octanol–water partition coefficient (Wildman–Crippen LogP) is 1.57. The summed E-state index contributed by atoms with van der Waals surface area (Å²) in [6, 6.07) is 0.305. The fraction of sp³-hybridized carbons (Fsp3) is 0.375. The van der Waals surface area contributed by atoms with Crippen molar-refractivity contribution >= 4 is 43.3 Å². The molecule has 1 rings (SSSR count). The minimum absolute atomic E-state index is 0.109. The van der Waals surface area contributed by atoms with E-state index in [1.807, 2.05) is 0 Å². The van der Waals surface area contributed by atoms with Crippen LogP contribution in [0.4, 0.5) is 0 Å². The van der Waals surface area contributed by atoms with Crippen molar-refractivity contribution in [2.45, 2.75) is 24.8 Å². The van der Waals surface area contributed by atoms with E-state index in [1.54, 1.807) is 6.92 Å². The molecule has 0 bridgehead atoms. The molecule has 0 amide bonds. The van der Waals surface area contributed by atoms with Gasteiger partial charge in [0, 0.05) is 4.88 Å². The molecule has 0 aromatic carbocycles. The van der Waals surface area contributed by atoms with Crippen LogP contribution in [-0.2, 0) is 14.8 Å². The van der Waals surface area contributed by atoms with E-state index in [9.17, 15) is 13.2 Å². The third-order valence-electron chi connectivity index (χ3n) is 1.83. The number of nitrogens with one attached hydrogen (secondary N) is 1. The van der Waals surface area contributed by atoms with Crippen LogP contribution in [0.5, 0.6) is 0 Å². The van der Waals surface area contributed by atoms with Gasteiger partial charge in [-0.3, -0.25) is 4.79 Å². The molecule has 90 valence electrons. The fourth-order valence-corrected chi connectivity index (χ4v) is 4.66. The van der Waals surface area contributed by atoms with Crippen molar-refractivity contribution in [3.05, 3.63) is 14.7 Å². The summed E-state index contributed by atoms with van der Waals surface area (Å²) in [6.45, 7) is 2.94. The van der Waals surface area contributed by atoms with E-state index in [-0.39, 0.29) is 4.90 Å². The van der Waals surface area contributed by atoms with E-state index in [0.29, 0.717) is 8.66 Å². The molecule has 5 nitrogen and oxygen atoms in total. The zero-order valence-electron chi connectivity index (χ0n) is 8.52. The van der Waals surface area contributed by atoms with Gasteiger partial charge in [-0.15, -0.1) is 11.3 Å². The molecule has 0 radical (unpaired) electrons. The van der Waals surface area contributed by atoms with Crippen LogP contribution < -0.4 is 4.72 Å². The summed E-state index contributed by atoms with van der Waals surface area (Å²) in [5.41, 5.74) is 0. The maximum atomic E-state index is 11.8. The van der Waals surface area contributed by atoms with E-state index < -0.39 is 22.0 Å². The molecule has 8 heteroatoms. The molecule has 16 heavy (non-hydrogen) atoms. The van der Waals surface area contributed by atoms with E-state index >= 15 is 0 Å². The third-order valence-corrected chi connectivity index (χ3v) is 5.18. The Morgan fingerprint density at radius 1 is 1.62 bits per heavy atom. The van der Waals surface area contributed by atoms with Crippen LogP contribution >= 0.6 is 27.3 Å². The van der Waals surface area contributed by atoms with Crippen LogP contribution in [0.15, 0.2) is 14.7 Å². The third kappa shape index (κ3) is 3.03. The zero-order chi connectivity index (χ0) is 12.5. The number of rotatable bonds is 4. The summed E-state index contributed by atoms with van der Waals surface area (Å²) >= 11 is 4.46. The van der Waals surface area contributed by atoms with E-state index in [0.717, 1.165) is 0 Å². The number of hydrogen-bond donors (Lipinski definition) is 2. The lowest BCUT2D eigenvalue weighted by Gasteiger charge is -2.09. The second-order valence-corrected chi connectivity index (χ2v) is 7.47. The maximum Gasteiger partial charge on any atom is 0.321 e. The van der Waals surface area contributed by atoms with Crippen molar-refractivity contribution < 1.29 is 18.3 Å². The lowest BCUT2D eigenvalue weighted by molar-refractivity contribution is -0.138. The molecule has 0 spiro atoms. The molecule has 1 atom stereocenters. The average molecular weight is 328 g/mol. The average Bonchev–Trinajstić information content (AvgIpc) is 2.45. The molecule has 1 aromatic rings. The number of aryl methyl sites for hydroxylation is 1. The monoisotopic (exact) mass is 327 g/mol. The SMILES string of the molecule is Cc1sc(Br)cc1S(=O)(=O)NC(C)C(=O)O. The molecule has 0 aliphatic carbocycles. The number of aliphatic carboxylic acids is 1. The van der Waals surface area contributed by atoms with Gasteiger partial charge in [0.25, 0.3) is 0 Å². The number of carbonyl (C=O) groups is 1. The Hall–Kier alpha value is -0.440. The first-order chi connectivity index (χ1) is 7.24. The molecule has 1 aromatic heterocycles. The van der Waals surface area contributed by atoms with Gasteiger partial charge in [-0.1, -0.05) is 0 Å². The molecule has 0 aliphatic heterocycles. The highest BCUT2D eigenvalue weighted by molar-refractivity contribution is 9.11. The second kappa shape index (κ2) is 4.82. The van der Waals surface area contributed by atoms with Crippen molar-refractivity contribution in [2.75, 3.05) is 0 Å². The quantitative estimate of drug-likeness (QED) is 0.879. The van der Waals surface area contributed by atoms with Crippen molar-refractivity contribution in [1.82, 2.24) is 4.72 Å². The van der Waals surface area contributed by atoms with Crippen LogP contribution in [0.25, 0.3) is 0 Å². The van der Waals surface area contributed by atoms with Crippen molar-refractivity contribution in [1.29, 1.82) is 0 Å². The first-order valence-corrected chi connectivity index (χ1v) is 7.34. The molecule has 1 unspecified atom stereocenters. The largest absolute Gasteiger partial charge is 0.480 e. The van der Waals surface area contributed by atoms with Gasteiger partial charge in [-0.05, 0) is 35.8 Å². The molecular weight excluding hydrogens is 318 g/mol. The van der Waals surface area contributed by atoms with Gasteiger partial charge in [0.05, 0.1) is 8.68 Å². The smallest absolute Gasteiger partial charge is 0.321 e. The lowest BCUT2D eigenvalue weighted by Crippen LogP contribution is -2.38. The standard InChI is InChI=1S/C8H10BrNO4S2/c1-4(8(11)12)10-16(13,14)6-3-7(9)15-5(6)2/h3-4,10H,1-2H3,(H,11,12). The number of hydrogen-bond acceptors (Lipinski definition) is 4. The second-order valence-electron chi connectivity index (χ2n) is 3.15. The molecule has 0 saturated heterocycles. The number of halogens is 1. The van der Waals surface area contributed by atoms with Gasteiger partial charge in [-0.2, -0.15) is 4.72 Å². The van der Waals surface area contributed by atoms with Crippen molar-refractivity contribution in [3.8, 4) is 0 Å². The summed E-state index contributed by atoms with van der Waals surface area (Å²) < 4.78 is 26.4. The summed E-state index contributed by atoms with van der Waals surface area (Å²) in [5, 5.41) is 8.63. The van der Waals surface area contributed by atoms with Gasteiger partial charge >= 0.3 is 5.97 Å². The minimum Gasteiger partial charge on any atom is -0.480 e. The lowest BCUT2D eigenvalue weighted by atomic mass is 10.4. The Bertz CT molecular complexity index is 508. The molecule has 0 fully saturated rings. The van der Waals surface area contributed by atoms with Gasteiger partial charge in [0.2, 0.25) is 10.0 Å². The van der Waals surface area contributed by atoms with Gasteiger partial charge < -0.3 is 5.11 Å². The van der Waals surface area contributed by atoms with Gasteiger partial charge in [-0.25, -0.2) is 8.42 Å².